The zero-order valence-electron chi connectivity index (χ0n) is 10.6. The molecule has 0 spiro atoms. The Hall–Kier alpha value is -1.81. The molecule has 0 aliphatic carbocycles. The summed E-state index contributed by atoms with van der Waals surface area (Å²) < 4.78 is 5.41. The predicted molar refractivity (Wildman–Crippen MR) is 75.0 cm³/mol. The van der Waals surface area contributed by atoms with Gasteiger partial charge < -0.3 is 0 Å². The molecular formula is C10H12N6O2S2. The van der Waals surface area contributed by atoms with Gasteiger partial charge in [-0.3, -0.25) is 14.9 Å². The first-order valence-electron chi connectivity index (χ1n) is 5.83. The van der Waals surface area contributed by atoms with Gasteiger partial charge in [-0.25, -0.2) is 4.68 Å². The van der Waals surface area contributed by atoms with E-state index in [1.165, 1.54) is 10.9 Å². The average molecular weight is 312 g/mol. The highest BCUT2D eigenvalue weighted by atomic mass is 32.2. The quantitative estimate of drug-likeness (QED) is 0.603. The third-order valence-corrected chi connectivity index (χ3v) is 3.87. The van der Waals surface area contributed by atoms with Crippen LogP contribution in [-0.4, -0.2) is 42.3 Å². The zero-order valence-corrected chi connectivity index (χ0v) is 12.3. The van der Waals surface area contributed by atoms with Crippen LogP contribution in [0.3, 0.4) is 0 Å². The first-order chi connectivity index (χ1) is 9.71. The third-order valence-electron chi connectivity index (χ3n) is 2.07. The molecule has 1 amide bonds. The van der Waals surface area contributed by atoms with Crippen LogP contribution in [0.5, 0.6) is 0 Å². The molecular weight excluding hydrogens is 300 g/mol. The molecule has 2 aromatic heterocycles. The highest BCUT2D eigenvalue weighted by Crippen LogP contribution is 2.20. The molecule has 0 radical (unpaired) electrons. The summed E-state index contributed by atoms with van der Waals surface area (Å²) in [5, 5.41) is 11.0. The van der Waals surface area contributed by atoms with E-state index < -0.39 is 0 Å². The van der Waals surface area contributed by atoms with E-state index in [0.29, 0.717) is 16.6 Å². The molecule has 0 fully saturated rings. The molecule has 0 saturated heterocycles. The van der Waals surface area contributed by atoms with E-state index in [1.807, 2.05) is 0 Å². The minimum atomic E-state index is -0.296. The van der Waals surface area contributed by atoms with Crippen LogP contribution in [0.2, 0.25) is 0 Å². The molecule has 1 N–H and O–H groups in total. The number of hydrogen-bond acceptors (Lipinski definition) is 8. The molecule has 2 rings (SSSR count). The Kier molecular flexibility index (Phi) is 5.18. The maximum atomic E-state index is 11.7. The molecule has 0 aliphatic heterocycles. The van der Waals surface area contributed by atoms with Crippen LogP contribution in [0.25, 0.3) is 0 Å². The summed E-state index contributed by atoms with van der Waals surface area (Å²) >= 11 is 2.68. The van der Waals surface area contributed by atoms with Gasteiger partial charge in [0.25, 0.3) is 0 Å². The maximum Gasteiger partial charge on any atom is 0.247 e. The van der Waals surface area contributed by atoms with Crippen LogP contribution < -0.4 is 5.32 Å². The molecule has 0 unspecified atom stereocenters. The van der Waals surface area contributed by atoms with E-state index in [-0.39, 0.29) is 18.1 Å². The summed E-state index contributed by atoms with van der Waals surface area (Å²) in [6.07, 6.45) is 3.01. The number of rotatable bonds is 7. The number of hydrogen-bond donors (Lipinski definition) is 1. The third kappa shape index (κ3) is 4.10. The minimum absolute atomic E-state index is 0.0299. The van der Waals surface area contributed by atoms with Gasteiger partial charge in [0.15, 0.2) is 6.29 Å². The molecule has 0 aromatic carbocycles. The number of amides is 1. The van der Waals surface area contributed by atoms with Crippen molar-refractivity contribution < 1.29 is 9.59 Å². The van der Waals surface area contributed by atoms with E-state index in [2.05, 4.69) is 31.9 Å². The highest BCUT2D eigenvalue weighted by molar-refractivity contribution is 7.99. The molecule has 0 saturated carbocycles. The SMILES string of the molecule is CCCSc1nsc(NC(=O)Cn2cc(C=O)nn2)n1. The number of nitrogens with one attached hydrogen (secondary N) is 1. The van der Waals surface area contributed by atoms with Crippen LogP contribution in [0.1, 0.15) is 23.8 Å². The minimum Gasteiger partial charge on any atom is -0.299 e. The molecule has 0 bridgehead atoms. The lowest BCUT2D eigenvalue weighted by Gasteiger charge is -1.99. The summed E-state index contributed by atoms with van der Waals surface area (Å²) in [6, 6.07) is 0. The normalized spacial score (nSPS) is 10.4. The Labute approximate surface area is 123 Å². The number of nitrogens with zero attached hydrogens (tertiary/aromatic N) is 5. The lowest BCUT2D eigenvalue weighted by atomic mass is 10.5. The van der Waals surface area contributed by atoms with Crippen LogP contribution in [0, 0.1) is 0 Å². The van der Waals surface area contributed by atoms with E-state index in [4.69, 9.17) is 0 Å². The van der Waals surface area contributed by atoms with Crippen molar-refractivity contribution in [3.8, 4) is 0 Å². The lowest BCUT2D eigenvalue weighted by molar-refractivity contribution is -0.116. The van der Waals surface area contributed by atoms with Gasteiger partial charge in [0, 0.05) is 17.3 Å². The highest BCUT2D eigenvalue weighted by Gasteiger charge is 2.10. The van der Waals surface area contributed by atoms with Crippen molar-refractivity contribution in [2.75, 3.05) is 11.1 Å². The first-order valence-corrected chi connectivity index (χ1v) is 7.59. The fourth-order valence-corrected chi connectivity index (χ4v) is 2.68. The number of aldehydes is 1. The molecule has 2 heterocycles. The zero-order chi connectivity index (χ0) is 14.4. The first kappa shape index (κ1) is 14.6. The predicted octanol–water partition coefficient (Wildman–Crippen LogP) is 1.08. The molecule has 8 nitrogen and oxygen atoms in total. The van der Waals surface area contributed by atoms with Gasteiger partial charge in [-0.2, -0.15) is 9.36 Å². The second kappa shape index (κ2) is 7.10. The van der Waals surface area contributed by atoms with E-state index in [0.717, 1.165) is 23.7 Å². The molecule has 106 valence electrons. The van der Waals surface area contributed by atoms with Crippen LogP contribution in [0.15, 0.2) is 11.4 Å². The summed E-state index contributed by atoms with van der Waals surface area (Å²) in [4.78, 5) is 26.4. The molecule has 2 aromatic rings. The standard InChI is InChI=1S/C10H12N6O2S2/c1-2-3-19-10-12-9(20-14-10)11-8(18)5-16-4-7(6-17)13-15-16/h4,6H,2-3,5H2,1H3,(H,11,12,14,18). The Morgan fingerprint density at radius 2 is 2.45 bits per heavy atom. The second-order valence-corrected chi connectivity index (χ2v) is 5.55. The molecule has 20 heavy (non-hydrogen) atoms. The van der Waals surface area contributed by atoms with Gasteiger partial charge in [0.2, 0.25) is 16.2 Å². The Morgan fingerprint density at radius 1 is 1.60 bits per heavy atom. The fraction of sp³-hybridized carbons (Fsp3) is 0.400. The van der Waals surface area contributed by atoms with Gasteiger partial charge in [-0.05, 0) is 6.42 Å². The monoisotopic (exact) mass is 312 g/mol. The van der Waals surface area contributed by atoms with Crippen molar-refractivity contribution in [1.82, 2.24) is 24.4 Å². The van der Waals surface area contributed by atoms with E-state index >= 15 is 0 Å². The largest absolute Gasteiger partial charge is 0.299 e. The van der Waals surface area contributed by atoms with Gasteiger partial charge in [0.05, 0.1) is 6.20 Å². The number of thioether (sulfide) groups is 1. The Morgan fingerprint density at radius 3 is 3.15 bits per heavy atom. The smallest absolute Gasteiger partial charge is 0.247 e. The van der Waals surface area contributed by atoms with E-state index in [1.54, 1.807) is 11.8 Å². The second-order valence-electron chi connectivity index (χ2n) is 3.74. The molecule has 0 atom stereocenters. The van der Waals surface area contributed by atoms with Crippen molar-refractivity contribution in [3.63, 3.8) is 0 Å². The summed E-state index contributed by atoms with van der Waals surface area (Å²) in [5.41, 5.74) is 0.187. The van der Waals surface area contributed by atoms with Gasteiger partial charge >= 0.3 is 0 Å². The lowest BCUT2D eigenvalue weighted by Crippen LogP contribution is -2.19. The summed E-state index contributed by atoms with van der Waals surface area (Å²) in [7, 11) is 0. The van der Waals surface area contributed by atoms with Crippen molar-refractivity contribution in [2.45, 2.75) is 25.0 Å². The maximum absolute atomic E-state index is 11.7. The number of aromatic nitrogens is 5. The summed E-state index contributed by atoms with van der Waals surface area (Å²) in [5.74, 6) is 0.646. The number of anilines is 1. The number of carbonyl (C=O) groups is 2. The summed E-state index contributed by atoms with van der Waals surface area (Å²) in [6.45, 7) is 2.05. The van der Waals surface area contributed by atoms with Crippen LogP contribution in [-0.2, 0) is 11.3 Å². The molecule has 0 aliphatic rings. The van der Waals surface area contributed by atoms with Crippen molar-refractivity contribution in [2.24, 2.45) is 0 Å². The average Bonchev–Trinajstić information content (AvgIpc) is 3.05. The van der Waals surface area contributed by atoms with Gasteiger partial charge in [0.1, 0.15) is 12.2 Å². The van der Waals surface area contributed by atoms with Crippen molar-refractivity contribution in [3.05, 3.63) is 11.9 Å². The van der Waals surface area contributed by atoms with Crippen LogP contribution >= 0.6 is 23.3 Å². The van der Waals surface area contributed by atoms with Gasteiger partial charge in [-0.15, -0.1) is 5.10 Å². The van der Waals surface area contributed by atoms with E-state index in [9.17, 15) is 9.59 Å². The Balaban J connectivity index is 1.87. The fourth-order valence-electron chi connectivity index (χ4n) is 1.26. The van der Waals surface area contributed by atoms with Crippen molar-refractivity contribution >= 4 is 40.6 Å². The van der Waals surface area contributed by atoms with Gasteiger partial charge in [-0.1, -0.05) is 23.9 Å². The Bertz CT molecular complexity index is 596. The van der Waals surface area contributed by atoms with Crippen LogP contribution in [0.4, 0.5) is 5.13 Å². The molecule has 10 heteroatoms. The number of carbonyl (C=O) groups excluding carboxylic acids is 2. The van der Waals surface area contributed by atoms with Crippen molar-refractivity contribution in [1.29, 1.82) is 0 Å². The topological polar surface area (TPSA) is 103 Å².